The molecular formula is C19H22N4O3. The average molecular weight is 354 g/mol. The predicted octanol–water partition coefficient (Wildman–Crippen LogP) is 2.57. The monoisotopic (exact) mass is 354 g/mol. The van der Waals surface area contributed by atoms with E-state index in [1.807, 2.05) is 36.4 Å². The Labute approximate surface area is 152 Å². The molecule has 2 N–H and O–H groups in total. The molecule has 7 nitrogen and oxygen atoms in total. The maximum atomic E-state index is 12.3. The molecule has 2 aromatic rings. The van der Waals surface area contributed by atoms with Gasteiger partial charge >= 0.3 is 6.03 Å². The second kappa shape index (κ2) is 8.96. The Balaban J connectivity index is 1.38. The van der Waals surface area contributed by atoms with Gasteiger partial charge in [-0.25, -0.2) is 15.3 Å². The summed E-state index contributed by atoms with van der Waals surface area (Å²) < 4.78 is 0. The minimum Gasteiger partial charge on any atom is -0.323 e. The SMILES string of the molecule is O=C(Nc1ccccn1)C1CCN(C(=O)NOCc2ccccc2)CC1. The second-order valence-electron chi connectivity index (χ2n) is 6.15. The molecule has 3 amide bonds. The third-order valence-electron chi connectivity index (χ3n) is 4.31. The van der Waals surface area contributed by atoms with Crippen LogP contribution in [-0.4, -0.2) is 34.9 Å². The fourth-order valence-corrected chi connectivity index (χ4v) is 2.83. The summed E-state index contributed by atoms with van der Waals surface area (Å²) >= 11 is 0. The number of hydroxylamine groups is 1. The highest BCUT2D eigenvalue weighted by Crippen LogP contribution is 2.19. The molecule has 1 aromatic carbocycles. The number of nitrogens with one attached hydrogen (secondary N) is 2. The zero-order valence-corrected chi connectivity index (χ0v) is 14.4. The summed E-state index contributed by atoms with van der Waals surface area (Å²) in [7, 11) is 0. The van der Waals surface area contributed by atoms with Crippen molar-refractivity contribution in [3.63, 3.8) is 0 Å². The molecule has 1 saturated heterocycles. The van der Waals surface area contributed by atoms with E-state index in [0.29, 0.717) is 38.4 Å². The normalized spacial score (nSPS) is 14.7. The van der Waals surface area contributed by atoms with Crippen molar-refractivity contribution in [3.05, 3.63) is 60.3 Å². The highest BCUT2D eigenvalue weighted by molar-refractivity contribution is 5.91. The Morgan fingerprint density at radius 1 is 1.08 bits per heavy atom. The quantitative estimate of drug-likeness (QED) is 0.809. The van der Waals surface area contributed by atoms with Crippen LogP contribution in [0.3, 0.4) is 0 Å². The zero-order chi connectivity index (χ0) is 18.2. The van der Waals surface area contributed by atoms with Gasteiger partial charge in [0.2, 0.25) is 5.91 Å². The van der Waals surface area contributed by atoms with Crippen LogP contribution >= 0.6 is 0 Å². The maximum Gasteiger partial charge on any atom is 0.341 e. The standard InChI is InChI=1S/C19H22N4O3/c24-18(21-17-8-4-5-11-20-17)16-9-12-23(13-10-16)19(25)22-26-14-15-6-2-1-3-7-15/h1-8,11,16H,9-10,12-14H2,(H,22,25)(H,20,21,24). The van der Waals surface area contributed by atoms with E-state index in [0.717, 1.165) is 5.56 Å². The second-order valence-corrected chi connectivity index (χ2v) is 6.15. The molecule has 1 aliphatic rings. The van der Waals surface area contributed by atoms with E-state index in [1.54, 1.807) is 23.2 Å². The van der Waals surface area contributed by atoms with Gasteiger partial charge in [0.15, 0.2) is 0 Å². The Kier molecular flexibility index (Phi) is 6.16. The number of nitrogens with zero attached hydrogens (tertiary/aromatic N) is 2. The molecule has 0 saturated carbocycles. The number of likely N-dealkylation sites (tertiary alicyclic amines) is 1. The van der Waals surface area contributed by atoms with Crippen molar-refractivity contribution in [1.82, 2.24) is 15.4 Å². The third-order valence-corrected chi connectivity index (χ3v) is 4.31. The van der Waals surface area contributed by atoms with Gasteiger partial charge in [0, 0.05) is 25.2 Å². The van der Waals surface area contributed by atoms with Crippen LogP contribution in [0.25, 0.3) is 0 Å². The zero-order valence-electron chi connectivity index (χ0n) is 14.4. The molecule has 0 spiro atoms. The molecule has 1 aromatic heterocycles. The maximum absolute atomic E-state index is 12.3. The summed E-state index contributed by atoms with van der Waals surface area (Å²) in [5.74, 6) is 0.377. The number of aromatic nitrogens is 1. The lowest BCUT2D eigenvalue weighted by Gasteiger charge is -2.31. The van der Waals surface area contributed by atoms with Gasteiger partial charge in [-0.3, -0.25) is 9.63 Å². The van der Waals surface area contributed by atoms with E-state index in [4.69, 9.17) is 4.84 Å². The van der Waals surface area contributed by atoms with Crippen LogP contribution in [-0.2, 0) is 16.2 Å². The first-order valence-electron chi connectivity index (χ1n) is 8.65. The Morgan fingerprint density at radius 3 is 2.50 bits per heavy atom. The van der Waals surface area contributed by atoms with Crippen LogP contribution in [0.15, 0.2) is 54.7 Å². The van der Waals surface area contributed by atoms with E-state index in [-0.39, 0.29) is 17.9 Å². The first-order valence-corrected chi connectivity index (χ1v) is 8.65. The lowest BCUT2D eigenvalue weighted by atomic mass is 9.96. The van der Waals surface area contributed by atoms with Gasteiger partial charge in [-0.05, 0) is 30.5 Å². The van der Waals surface area contributed by atoms with Gasteiger partial charge in [0.1, 0.15) is 5.82 Å². The van der Waals surface area contributed by atoms with E-state index in [1.165, 1.54) is 0 Å². The summed E-state index contributed by atoms with van der Waals surface area (Å²) in [5, 5.41) is 2.81. The Bertz CT molecular complexity index is 716. The summed E-state index contributed by atoms with van der Waals surface area (Å²) in [6.07, 6.45) is 2.87. The lowest BCUT2D eigenvalue weighted by Crippen LogP contribution is -2.46. The van der Waals surface area contributed by atoms with E-state index < -0.39 is 0 Å². The summed E-state index contributed by atoms with van der Waals surface area (Å²) in [6, 6.07) is 14.7. The van der Waals surface area contributed by atoms with Gasteiger partial charge in [0.05, 0.1) is 6.61 Å². The van der Waals surface area contributed by atoms with Crippen LogP contribution in [0.1, 0.15) is 18.4 Å². The highest BCUT2D eigenvalue weighted by atomic mass is 16.7. The number of piperidine rings is 1. The molecule has 0 bridgehead atoms. The smallest absolute Gasteiger partial charge is 0.323 e. The topological polar surface area (TPSA) is 83.6 Å². The summed E-state index contributed by atoms with van der Waals surface area (Å²) in [5.41, 5.74) is 3.45. The number of benzene rings is 1. The molecule has 0 aliphatic carbocycles. The number of urea groups is 1. The molecule has 2 heterocycles. The van der Waals surface area contributed by atoms with Gasteiger partial charge in [-0.15, -0.1) is 0 Å². The Morgan fingerprint density at radius 2 is 1.81 bits per heavy atom. The molecule has 26 heavy (non-hydrogen) atoms. The largest absolute Gasteiger partial charge is 0.341 e. The number of anilines is 1. The van der Waals surface area contributed by atoms with Gasteiger partial charge < -0.3 is 10.2 Å². The first-order chi connectivity index (χ1) is 12.7. The molecule has 1 aliphatic heterocycles. The number of carbonyl (C=O) groups is 2. The molecular weight excluding hydrogens is 332 g/mol. The fraction of sp³-hybridized carbons (Fsp3) is 0.316. The molecule has 0 radical (unpaired) electrons. The third kappa shape index (κ3) is 5.03. The van der Waals surface area contributed by atoms with Crippen LogP contribution in [0.5, 0.6) is 0 Å². The molecule has 136 valence electrons. The molecule has 1 fully saturated rings. The number of amides is 3. The van der Waals surface area contributed by atoms with E-state index in [2.05, 4.69) is 15.8 Å². The van der Waals surface area contributed by atoms with Crippen molar-refractivity contribution in [3.8, 4) is 0 Å². The first kappa shape index (κ1) is 17.9. The predicted molar refractivity (Wildman–Crippen MR) is 96.9 cm³/mol. The van der Waals surface area contributed by atoms with E-state index in [9.17, 15) is 9.59 Å². The average Bonchev–Trinajstić information content (AvgIpc) is 2.69. The number of hydrogen-bond acceptors (Lipinski definition) is 4. The number of pyridine rings is 1. The van der Waals surface area contributed by atoms with E-state index >= 15 is 0 Å². The van der Waals surface area contributed by atoms with Crippen molar-refractivity contribution < 1.29 is 14.4 Å². The lowest BCUT2D eigenvalue weighted by molar-refractivity contribution is -0.121. The van der Waals surface area contributed by atoms with Crippen molar-refractivity contribution in [2.75, 3.05) is 18.4 Å². The van der Waals surface area contributed by atoms with Crippen molar-refractivity contribution in [1.29, 1.82) is 0 Å². The number of carbonyl (C=O) groups excluding carboxylic acids is 2. The Hall–Kier alpha value is -2.93. The summed E-state index contributed by atoms with van der Waals surface area (Å²) in [4.78, 5) is 35.4. The molecule has 0 unspecified atom stereocenters. The van der Waals surface area contributed by atoms with Crippen molar-refractivity contribution in [2.24, 2.45) is 5.92 Å². The van der Waals surface area contributed by atoms with Crippen LogP contribution in [0.2, 0.25) is 0 Å². The van der Waals surface area contributed by atoms with Crippen LogP contribution in [0.4, 0.5) is 10.6 Å². The molecule has 3 rings (SSSR count). The van der Waals surface area contributed by atoms with Crippen LogP contribution in [0, 0.1) is 5.92 Å². The fourth-order valence-electron chi connectivity index (χ4n) is 2.83. The highest BCUT2D eigenvalue weighted by Gasteiger charge is 2.27. The van der Waals surface area contributed by atoms with Gasteiger partial charge in [-0.2, -0.15) is 0 Å². The van der Waals surface area contributed by atoms with Crippen molar-refractivity contribution in [2.45, 2.75) is 19.4 Å². The summed E-state index contributed by atoms with van der Waals surface area (Å²) in [6.45, 7) is 1.34. The minimum atomic E-state index is -0.274. The van der Waals surface area contributed by atoms with Gasteiger partial charge in [0.25, 0.3) is 0 Å². The van der Waals surface area contributed by atoms with Crippen molar-refractivity contribution >= 4 is 17.8 Å². The molecule has 0 atom stereocenters. The van der Waals surface area contributed by atoms with Gasteiger partial charge in [-0.1, -0.05) is 36.4 Å². The molecule has 7 heteroatoms. The number of rotatable bonds is 5. The minimum absolute atomic E-state index is 0.0518. The van der Waals surface area contributed by atoms with Crippen LogP contribution < -0.4 is 10.8 Å². The number of hydrogen-bond donors (Lipinski definition) is 2.